The summed E-state index contributed by atoms with van der Waals surface area (Å²) in [5.41, 5.74) is 0.774. The van der Waals surface area contributed by atoms with Crippen LogP contribution in [0.1, 0.15) is 18.4 Å². The molecule has 0 aliphatic heterocycles. The molecular weight excluding hydrogens is 326 g/mol. The van der Waals surface area contributed by atoms with Crippen molar-refractivity contribution in [1.29, 1.82) is 0 Å². The van der Waals surface area contributed by atoms with Gasteiger partial charge in [0, 0.05) is 0 Å². The Morgan fingerprint density at radius 2 is 1.87 bits per heavy atom. The van der Waals surface area contributed by atoms with Crippen molar-refractivity contribution in [3.8, 4) is 0 Å². The number of halogens is 1. The molecule has 84 valence electrons. The summed E-state index contributed by atoms with van der Waals surface area (Å²) in [5.74, 6) is 0. The zero-order valence-electron chi connectivity index (χ0n) is 8.27. The highest BCUT2D eigenvalue weighted by Crippen LogP contribution is 2.34. The summed E-state index contributed by atoms with van der Waals surface area (Å²) in [4.78, 5) is 18.3. The van der Waals surface area contributed by atoms with E-state index in [2.05, 4.69) is 22.6 Å². The first-order valence-corrected chi connectivity index (χ1v) is 7.89. The lowest BCUT2D eigenvalue weighted by molar-refractivity contribution is 0.387. The third-order valence-electron chi connectivity index (χ3n) is 2.14. The molecule has 1 aromatic rings. The van der Waals surface area contributed by atoms with Gasteiger partial charge in [0.2, 0.25) is 0 Å². The SMILES string of the molecule is O=P(O)(O)c1ccccc1CCCCI. The molecule has 0 aliphatic rings. The smallest absolute Gasteiger partial charge is 0.321 e. The van der Waals surface area contributed by atoms with E-state index in [4.69, 9.17) is 9.79 Å². The van der Waals surface area contributed by atoms with Crippen LogP contribution in [0, 0.1) is 0 Å². The molecule has 3 nitrogen and oxygen atoms in total. The lowest BCUT2D eigenvalue weighted by Crippen LogP contribution is -2.10. The molecule has 0 aliphatic carbocycles. The second-order valence-corrected chi connectivity index (χ2v) is 5.97. The summed E-state index contributed by atoms with van der Waals surface area (Å²) < 4.78 is 12.3. The Hall–Kier alpha value is 0.100. The number of hydrogen-bond donors (Lipinski definition) is 2. The van der Waals surface area contributed by atoms with Crippen LogP contribution in [-0.4, -0.2) is 14.2 Å². The Morgan fingerprint density at radius 1 is 1.20 bits per heavy atom. The Kier molecular flexibility index (Phi) is 5.26. The second kappa shape index (κ2) is 5.99. The summed E-state index contributed by atoms with van der Waals surface area (Å²) in [6.45, 7) is 0. The van der Waals surface area contributed by atoms with E-state index in [1.54, 1.807) is 12.1 Å². The molecular formula is C10H14IO3P. The first kappa shape index (κ1) is 13.2. The number of unbranched alkanes of at least 4 members (excludes halogenated alkanes) is 1. The Balaban J connectivity index is 2.83. The third-order valence-corrected chi connectivity index (χ3v) is 3.96. The molecule has 0 atom stereocenters. The first-order chi connectivity index (χ1) is 7.05. The van der Waals surface area contributed by atoms with Gasteiger partial charge in [-0.2, -0.15) is 0 Å². The minimum Gasteiger partial charge on any atom is -0.321 e. The van der Waals surface area contributed by atoms with Crippen LogP contribution in [0.25, 0.3) is 0 Å². The molecule has 0 unspecified atom stereocenters. The van der Waals surface area contributed by atoms with E-state index in [0.29, 0.717) is 0 Å². The number of rotatable bonds is 5. The second-order valence-electron chi connectivity index (χ2n) is 3.32. The van der Waals surface area contributed by atoms with Crippen LogP contribution in [0.2, 0.25) is 0 Å². The average molecular weight is 340 g/mol. The van der Waals surface area contributed by atoms with E-state index in [0.717, 1.165) is 29.3 Å². The number of hydrogen-bond acceptors (Lipinski definition) is 1. The largest absolute Gasteiger partial charge is 0.356 e. The van der Waals surface area contributed by atoms with E-state index < -0.39 is 7.60 Å². The molecule has 5 heteroatoms. The topological polar surface area (TPSA) is 57.5 Å². The number of aryl methyl sites for hydroxylation is 1. The van der Waals surface area contributed by atoms with Gasteiger partial charge in [0.15, 0.2) is 0 Å². The van der Waals surface area contributed by atoms with Gasteiger partial charge >= 0.3 is 7.60 Å². The Bertz CT molecular complexity index is 361. The van der Waals surface area contributed by atoms with Crippen LogP contribution < -0.4 is 5.30 Å². The molecule has 0 aromatic heterocycles. The van der Waals surface area contributed by atoms with E-state index >= 15 is 0 Å². The van der Waals surface area contributed by atoms with Crippen molar-refractivity contribution >= 4 is 35.5 Å². The molecule has 0 radical (unpaired) electrons. The van der Waals surface area contributed by atoms with Gasteiger partial charge in [0.25, 0.3) is 0 Å². The highest BCUT2D eigenvalue weighted by molar-refractivity contribution is 14.1. The molecule has 15 heavy (non-hydrogen) atoms. The highest BCUT2D eigenvalue weighted by Gasteiger charge is 2.20. The molecule has 0 fully saturated rings. The summed E-state index contributed by atoms with van der Waals surface area (Å²) in [6.07, 6.45) is 2.79. The van der Waals surface area contributed by atoms with Gasteiger partial charge in [-0.3, -0.25) is 4.57 Å². The van der Waals surface area contributed by atoms with Crippen LogP contribution in [-0.2, 0) is 11.0 Å². The summed E-state index contributed by atoms with van der Waals surface area (Å²) in [6, 6.07) is 6.79. The minimum absolute atomic E-state index is 0.179. The van der Waals surface area contributed by atoms with Crippen molar-refractivity contribution in [2.75, 3.05) is 4.43 Å². The Morgan fingerprint density at radius 3 is 2.47 bits per heavy atom. The van der Waals surface area contributed by atoms with Crippen molar-refractivity contribution < 1.29 is 14.4 Å². The van der Waals surface area contributed by atoms with Crippen molar-refractivity contribution in [3.63, 3.8) is 0 Å². The Labute approximate surface area is 103 Å². The normalized spacial score (nSPS) is 11.7. The van der Waals surface area contributed by atoms with Crippen LogP contribution in [0.5, 0.6) is 0 Å². The van der Waals surface area contributed by atoms with Gasteiger partial charge in [0.05, 0.1) is 5.30 Å². The van der Waals surface area contributed by atoms with Gasteiger partial charge in [-0.05, 0) is 35.3 Å². The van der Waals surface area contributed by atoms with E-state index in [1.165, 1.54) is 6.07 Å². The van der Waals surface area contributed by atoms with Gasteiger partial charge < -0.3 is 9.79 Å². The summed E-state index contributed by atoms with van der Waals surface area (Å²) in [7, 11) is -4.11. The maximum atomic E-state index is 11.2. The van der Waals surface area contributed by atoms with E-state index in [1.807, 2.05) is 6.07 Å². The fraction of sp³-hybridized carbons (Fsp3) is 0.400. The van der Waals surface area contributed by atoms with Crippen molar-refractivity contribution in [1.82, 2.24) is 0 Å². The number of alkyl halides is 1. The maximum absolute atomic E-state index is 11.2. The van der Waals surface area contributed by atoms with Crippen LogP contribution in [0.15, 0.2) is 24.3 Å². The lowest BCUT2D eigenvalue weighted by atomic mass is 10.1. The monoisotopic (exact) mass is 340 g/mol. The van der Waals surface area contributed by atoms with Crippen molar-refractivity contribution in [2.45, 2.75) is 19.3 Å². The maximum Gasteiger partial charge on any atom is 0.356 e. The molecule has 0 spiro atoms. The zero-order chi connectivity index (χ0) is 11.3. The van der Waals surface area contributed by atoms with Crippen molar-refractivity contribution in [3.05, 3.63) is 29.8 Å². The van der Waals surface area contributed by atoms with Gasteiger partial charge in [-0.15, -0.1) is 0 Å². The molecule has 0 amide bonds. The van der Waals surface area contributed by atoms with Gasteiger partial charge in [-0.25, -0.2) is 0 Å². The minimum atomic E-state index is -4.11. The van der Waals surface area contributed by atoms with E-state index in [-0.39, 0.29) is 5.30 Å². The standard InChI is InChI=1S/C10H14IO3P/c11-8-4-3-6-9-5-1-2-7-10(9)15(12,13)14/h1-2,5,7H,3-4,6,8H2,(H2,12,13,14). The summed E-state index contributed by atoms with van der Waals surface area (Å²) in [5, 5.41) is 0.179. The average Bonchev–Trinajstić information content (AvgIpc) is 2.17. The zero-order valence-corrected chi connectivity index (χ0v) is 11.3. The summed E-state index contributed by atoms with van der Waals surface area (Å²) >= 11 is 2.30. The fourth-order valence-corrected chi connectivity index (χ4v) is 2.80. The molecule has 1 rings (SSSR count). The van der Waals surface area contributed by atoms with E-state index in [9.17, 15) is 4.57 Å². The molecule has 0 bridgehead atoms. The highest BCUT2D eigenvalue weighted by atomic mass is 127. The molecule has 1 aromatic carbocycles. The third kappa shape index (κ3) is 4.23. The molecule has 2 N–H and O–H groups in total. The van der Waals surface area contributed by atoms with Gasteiger partial charge in [-0.1, -0.05) is 40.8 Å². The quantitative estimate of drug-likeness (QED) is 0.374. The molecule has 0 heterocycles. The predicted molar refractivity (Wildman–Crippen MR) is 69.9 cm³/mol. The van der Waals surface area contributed by atoms with Crippen molar-refractivity contribution in [2.24, 2.45) is 0 Å². The first-order valence-electron chi connectivity index (χ1n) is 4.75. The molecule has 0 saturated heterocycles. The molecule has 0 saturated carbocycles. The predicted octanol–water partition coefficient (Wildman–Crippen LogP) is 2.25. The van der Waals surface area contributed by atoms with Crippen LogP contribution in [0.4, 0.5) is 0 Å². The van der Waals surface area contributed by atoms with Crippen LogP contribution in [0.3, 0.4) is 0 Å². The fourth-order valence-electron chi connectivity index (χ4n) is 1.42. The van der Waals surface area contributed by atoms with Crippen LogP contribution >= 0.6 is 30.2 Å². The van der Waals surface area contributed by atoms with Gasteiger partial charge in [0.1, 0.15) is 0 Å². The lowest BCUT2D eigenvalue weighted by Gasteiger charge is -2.10. The number of benzene rings is 1.